The van der Waals surface area contributed by atoms with Crippen LogP contribution in [0.25, 0.3) is 0 Å². The molecule has 0 heterocycles. The van der Waals surface area contributed by atoms with Crippen LogP contribution in [0, 0.1) is 5.92 Å². The molecule has 0 aliphatic carbocycles. The summed E-state index contributed by atoms with van der Waals surface area (Å²) in [6.07, 6.45) is 1.46. The summed E-state index contributed by atoms with van der Waals surface area (Å²) in [5.41, 5.74) is 0.736. The lowest BCUT2D eigenvalue weighted by Crippen LogP contribution is -2.18. The van der Waals surface area contributed by atoms with Gasteiger partial charge in [0.2, 0.25) is 0 Å². The minimum Gasteiger partial charge on any atom is -0.493 e. The van der Waals surface area contributed by atoms with Crippen LogP contribution in [0.2, 0.25) is 0 Å². The van der Waals surface area contributed by atoms with Gasteiger partial charge >= 0.3 is 0 Å². The average molecular weight is 391 g/mol. The molecular formula is C20H26N2O4S. The third-order valence-electron chi connectivity index (χ3n) is 3.33. The van der Waals surface area contributed by atoms with Gasteiger partial charge in [0.1, 0.15) is 11.5 Å². The van der Waals surface area contributed by atoms with Crippen LogP contribution in [0.15, 0.2) is 58.5 Å². The van der Waals surface area contributed by atoms with E-state index in [1.54, 1.807) is 18.2 Å². The van der Waals surface area contributed by atoms with Crippen molar-refractivity contribution >= 4 is 16.2 Å². The van der Waals surface area contributed by atoms with Crippen molar-refractivity contribution in [2.24, 2.45) is 11.0 Å². The van der Waals surface area contributed by atoms with E-state index in [-0.39, 0.29) is 11.0 Å². The molecule has 27 heavy (non-hydrogen) atoms. The molecule has 0 unspecified atom stereocenters. The van der Waals surface area contributed by atoms with E-state index in [1.165, 1.54) is 18.3 Å². The number of rotatable bonds is 9. The van der Waals surface area contributed by atoms with E-state index in [0.717, 1.165) is 11.3 Å². The highest BCUT2D eigenvalue weighted by atomic mass is 32.2. The summed E-state index contributed by atoms with van der Waals surface area (Å²) in [6.45, 7) is 8.57. The summed E-state index contributed by atoms with van der Waals surface area (Å²) in [5.74, 6) is 1.76. The molecule has 0 bridgehead atoms. The molecular weight excluding hydrogens is 364 g/mol. The predicted molar refractivity (Wildman–Crippen MR) is 107 cm³/mol. The van der Waals surface area contributed by atoms with Crippen LogP contribution in [0.3, 0.4) is 0 Å². The van der Waals surface area contributed by atoms with Crippen molar-refractivity contribution in [2.45, 2.75) is 38.7 Å². The van der Waals surface area contributed by atoms with Gasteiger partial charge in [-0.1, -0.05) is 26.0 Å². The SMILES string of the molecule is CC(C)COc1cccc(/C=N/NS(=O)(=O)c2ccc(OC(C)C)cc2)c1. The minimum absolute atomic E-state index is 0.0236. The lowest BCUT2D eigenvalue weighted by Gasteiger charge is -2.10. The molecule has 0 amide bonds. The molecule has 0 saturated carbocycles. The third-order valence-corrected chi connectivity index (χ3v) is 4.57. The Labute approximate surface area is 161 Å². The van der Waals surface area contributed by atoms with Gasteiger partial charge < -0.3 is 9.47 Å². The first-order valence-electron chi connectivity index (χ1n) is 8.81. The largest absolute Gasteiger partial charge is 0.493 e. The van der Waals surface area contributed by atoms with Gasteiger partial charge in [0.05, 0.1) is 23.8 Å². The Morgan fingerprint density at radius 1 is 1.04 bits per heavy atom. The summed E-state index contributed by atoms with van der Waals surface area (Å²) in [7, 11) is -3.74. The number of nitrogens with one attached hydrogen (secondary N) is 1. The molecule has 146 valence electrons. The second kappa shape index (κ2) is 9.41. The first-order chi connectivity index (χ1) is 12.8. The van der Waals surface area contributed by atoms with Crippen LogP contribution in [0.5, 0.6) is 11.5 Å². The summed E-state index contributed by atoms with van der Waals surface area (Å²) in [4.78, 5) is 2.33. The summed E-state index contributed by atoms with van der Waals surface area (Å²) >= 11 is 0. The Hall–Kier alpha value is -2.54. The van der Waals surface area contributed by atoms with Crippen LogP contribution in [0.4, 0.5) is 0 Å². The van der Waals surface area contributed by atoms with Crippen LogP contribution in [0.1, 0.15) is 33.3 Å². The minimum atomic E-state index is -3.74. The Bertz CT molecular complexity index is 860. The lowest BCUT2D eigenvalue weighted by molar-refractivity contribution is 0.242. The molecule has 0 spiro atoms. The number of hydrogen-bond donors (Lipinski definition) is 1. The number of hydrogen-bond acceptors (Lipinski definition) is 5. The molecule has 2 aromatic carbocycles. The van der Waals surface area contributed by atoms with E-state index in [2.05, 4.69) is 23.8 Å². The van der Waals surface area contributed by atoms with Gasteiger partial charge in [0, 0.05) is 0 Å². The fraction of sp³-hybridized carbons (Fsp3) is 0.350. The van der Waals surface area contributed by atoms with Gasteiger partial charge in [-0.3, -0.25) is 0 Å². The fourth-order valence-corrected chi connectivity index (χ4v) is 2.93. The van der Waals surface area contributed by atoms with Crippen molar-refractivity contribution in [1.29, 1.82) is 0 Å². The number of sulfonamides is 1. The van der Waals surface area contributed by atoms with E-state index in [4.69, 9.17) is 9.47 Å². The first-order valence-corrected chi connectivity index (χ1v) is 10.3. The number of ether oxygens (including phenoxy) is 2. The highest BCUT2D eigenvalue weighted by Crippen LogP contribution is 2.17. The highest BCUT2D eigenvalue weighted by molar-refractivity contribution is 7.89. The zero-order valence-electron chi connectivity index (χ0n) is 16.0. The number of nitrogens with zero attached hydrogens (tertiary/aromatic N) is 1. The Morgan fingerprint density at radius 2 is 1.74 bits per heavy atom. The van der Waals surface area contributed by atoms with Gasteiger partial charge in [-0.05, 0) is 61.7 Å². The maximum atomic E-state index is 12.3. The van der Waals surface area contributed by atoms with Crippen molar-refractivity contribution in [3.63, 3.8) is 0 Å². The van der Waals surface area contributed by atoms with Crippen LogP contribution >= 0.6 is 0 Å². The normalized spacial score (nSPS) is 11.9. The molecule has 0 aromatic heterocycles. The van der Waals surface area contributed by atoms with Gasteiger partial charge in [-0.2, -0.15) is 13.5 Å². The monoisotopic (exact) mass is 390 g/mol. The predicted octanol–water partition coefficient (Wildman–Crippen LogP) is 3.82. The maximum Gasteiger partial charge on any atom is 0.276 e. The quantitative estimate of drug-likeness (QED) is 0.522. The van der Waals surface area contributed by atoms with Gasteiger partial charge in [-0.15, -0.1) is 0 Å². The molecule has 2 aromatic rings. The van der Waals surface area contributed by atoms with Crippen molar-refractivity contribution in [1.82, 2.24) is 4.83 Å². The van der Waals surface area contributed by atoms with Gasteiger partial charge in [0.15, 0.2) is 0 Å². The van der Waals surface area contributed by atoms with Crippen LogP contribution < -0.4 is 14.3 Å². The number of hydrazone groups is 1. The Morgan fingerprint density at radius 3 is 2.37 bits per heavy atom. The number of benzene rings is 2. The molecule has 2 rings (SSSR count). The third kappa shape index (κ3) is 6.94. The summed E-state index contributed by atoms with van der Waals surface area (Å²) in [6, 6.07) is 13.5. The molecule has 0 aliphatic rings. The smallest absolute Gasteiger partial charge is 0.276 e. The van der Waals surface area contributed by atoms with Crippen LogP contribution in [-0.2, 0) is 10.0 Å². The van der Waals surface area contributed by atoms with Crippen molar-refractivity contribution < 1.29 is 17.9 Å². The molecule has 0 aliphatic heterocycles. The Balaban J connectivity index is 2.01. The molecule has 0 fully saturated rings. The zero-order valence-corrected chi connectivity index (χ0v) is 16.9. The van der Waals surface area contributed by atoms with Crippen LogP contribution in [-0.4, -0.2) is 27.3 Å². The van der Waals surface area contributed by atoms with E-state index in [9.17, 15) is 8.42 Å². The molecule has 1 N–H and O–H groups in total. The molecule has 0 saturated heterocycles. The summed E-state index contributed by atoms with van der Waals surface area (Å²) in [5, 5.41) is 3.85. The second-order valence-corrected chi connectivity index (χ2v) is 8.43. The standard InChI is InChI=1S/C20H26N2O4S/c1-15(2)14-25-19-7-5-6-17(12-19)13-21-22-27(23,24)20-10-8-18(9-11-20)26-16(3)4/h5-13,15-16,22H,14H2,1-4H3/b21-13+. The van der Waals surface area contributed by atoms with E-state index >= 15 is 0 Å². The molecule has 7 heteroatoms. The van der Waals surface area contributed by atoms with Crippen molar-refractivity contribution in [2.75, 3.05) is 6.61 Å². The fourth-order valence-electron chi connectivity index (χ4n) is 2.14. The zero-order chi connectivity index (χ0) is 19.9. The van der Waals surface area contributed by atoms with Gasteiger partial charge in [0.25, 0.3) is 10.0 Å². The second-order valence-electron chi connectivity index (χ2n) is 6.77. The first kappa shape index (κ1) is 20.8. The summed E-state index contributed by atoms with van der Waals surface area (Å²) < 4.78 is 35.8. The average Bonchev–Trinajstić information content (AvgIpc) is 2.60. The van der Waals surface area contributed by atoms with E-state index in [0.29, 0.717) is 18.3 Å². The highest BCUT2D eigenvalue weighted by Gasteiger charge is 2.12. The van der Waals surface area contributed by atoms with Gasteiger partial charge in [-0.25, -0.2) is 4.83 Å². The van der Waals surface area contributed by atoms with Crippen molar-refractivity contribution in [3.05, 3.63) is 54.1 Å². The van der Waals surface area contributed by atoms with E-state index in [1.807, 2.05) is 32.0 Å². The maximum absolute atomic E-state index is 12.3. The molecule has 6 nitrogen and oxygen atoms in total. The topological polar surface area (TPSA) is 77.0 Å². The lowest BCUT2D eigenvalue weighted by atomic mass is 10.2. The van der Waals surface area contributed by atoms with Crippen molar-refractivity contribution in [3.8, 4) is 11.5 Å². The molecule has 0 radical (unpaired) electrons. The molecule has 0 atom stereocenters. The Kier molecular flexibility index (Phi) is 7.24. The van der Waals surface area contributed by atoms with E-state index < -0.39 is 10.0 Å².